The third kappa shape index (κ3) is 2.92. The minimum absolute atomic E-state index is 0.0395. The average Bonchev–Trinajstić information content (AvgIpc) is 3.04. The molecule has 1 N–H and O–H groups in total. The molecule has 1 aliphatic heterocycles. The van der Waals surface area contributed by atoms with Crippen molar-refractivity contribution < 1.29 is 9.18 Å². The maximum atomic E-state index is 13.3. The molecule has 0 saturated carbocycles. The Kier molecular flexibility index (Phi) is 4.28. The summed E-state index contributed by atoms with van der Waals surface area (Å²) in [5.74, 6) is -0.352. The van der Waals surface area contributed by atoms with Gasteiger partial charge in [-0.1, -0.05) is 0 Å². The van der Waals surface area contributed by atoms with Gasteiger partial charge in [0.15, 0.2) is 10.9 Å². The summed E-state index contributed by atoms with van der Waals surface area (Å²) in [5, 5.41) is 7.72. The molecule has 1 atom stereocenters. The van der Waals surface area contributed by atoms with Crippen LogP contribution in [-0.4, -0.2) is 22.8 Å². The van der Waals surface area contributed by atoms with Crippen LogP contribution in [0.25, 0.3) is 5.70 Å². The summed E-state index contributed by atoms with van der Waals surface area (Å²) < 4.78 is 13.3. The molecular formula is C17H15FN2OS2. The monoisotopic (exact) mass is 346 g/mol. The molecule has 0 spiro atoms. The second-order valence-electron chi connectivity index (χ2n) is 5.32. The molecule has 0 radical (unpaired) electrons. The summed E-state index contributed by atoms with van der Waals surface area (Å²) in [6, 6.07) is 7.80. The number of thiophene rings is 1. The van der Waals surface area contributed by atoms with Crippen LogP contribution in [0, 0.1) is 5.82 Å². The number of carbonyl (C=O) groups is 1. The minimum Gasteiger partial charge on any atom is -0.351 e. The number of carbonyl (C=O) groups excluding carboxylic acids is 1. The third-order valence-electron chi connectivity index (χ3n) is 3.83. The first-order chi connectivity index (χ1) is 11.0. The molecule has 0 bridgehead atoms. The number of hydrogen-bond acceptors (Lipinski definition) is 3. The lowest BCUT2D eigenvalue weighted by atomic mass is 9.91. The van der Waals surface area contributed by atoms with Crippen LogP contribution in [0.1, 0.15) is 24.1 Å². The van der Waals surface area contributed by atoms with Crippen LogP contribution < -0.4 is 5.32 Å². The first-order valence-electron chi connectivity index (χ1n) is 7.06. The summed E-state index contributed by atoms with van der Waals surface area (Å²) in [7, 11) is 1.81. The summed E-state index contributed by atoms with van der Waals surface area (Å²) in [6.45, 7) is 1.54. The van der Waals surface area contributed by atoms with Crippen molar-refractivity contribution in [2.45, 2.75) is 13.0 Å². The van der Waals surface area contributed by atoms with Crippen LogP contribution in [0.3, 0.4) is 0 Å². The fourth-order valence-electron chi connectivity index (χ4n) is 2.73. The maximum absolute atomic E-state index is 13.3. The summed E-state index contributed by atoms with van der Waals surface area (Å²) in [4.78, 5) is 14.1. The molecule has 0 fully saturated rings. The number of benzene rings is 1. The van der Waals surface area contributed by atoms with Crippen molar-refractivity contribution in [1.82, 2.24) is 10.2 Å². The summed E-state index contributed by atoms with van der Waals surface area (Å²) in [6.07, 6.45) is 0. The van der Waals surface area contributed by atoms with Gasteiger partial charge in [0.05, 0.1) is 11.7 Å². The zero-order chi connectivity index (χ0) is 16.6. The molecule has 1 aromatic carbocycles. The van der Waals surface area contributed by atoms with Crippen molar-refractivity contribution >= 4 is 40.1 Å². The minimum atomic E-state index is -0.313. The highest BCUT2D eigenvalue weighted by Crippen LogP contribution is 2.36. The van der Waals surface area contributed by atoms with E-state index in [1.165, 1.54) is 12.1 Å². The Bertz CT molecular complexity index is 781. The van der Waals surface area contributed by atoms with Crippen molar-refractivity contribution in [1.29, 1.82) is 0 Å². The standard InChI is InChI=1S/C17H15FN2OS2/c1-10(21)14-15(12-7-8-23-9-12)19-17(22)20(2)16(14)11-3-5-13(18)6-4-11/h3-9,15H,1-2H3,(H,19,22)/t15-/m0/s1. The fourth-order valence-corrected chi connectivity index (χ4v) is 3.62. The number of thiocarbonyl (C=S) groups is 1. The van der Waals surface area contributed by atoms with E-state index in [-0.39, 0.29) is 17.6 Å². The van der Waals surface area contributed by atoms with Crippen LogP contribution in [0.4, 0.5) is 4.39 Å². The van der Waals surface area contributed by atoms with Crippen molar-refractivity contribution in [3.63, 3.8) is 0 Å². The van der Waals surface area contributed by atoms with Gasteiger partial charge in [0.25, 0.3) is 0 Å². The average molecular weight is 346 g/mol. The van der Waals surface area contributed by atoms with Gasteiger partial charge in [-0.15, -0.1) is 0 Å². The molecule has 6 heteroatoms. The summed E-state index contributed by atoms with van der Waals surface area (Å²) in [5.41, 5.74) is 3.11. The molecule has 2 aromatic rings. The number of nitrogens with one attached hydrogen (secondary N) is 1. The Balaban J connectivity index is 2.22. The van der Waals surface area contributed by atoms with Crippen LogP contribution in [0.15, 0.2) is 46.7 Å². The highest BCUT2D eigenvalue weighted by Gasteiger charge is 2.33. The van der Waals surface area contributed by atoms with Gasteiger partial charge in [-0.05, 0) is 71.4 Å². The van der Waals surface area contributed by atoms with Crippen molar-refractivity contribution in [3.8, 4) is 0 Å². The molecular weight excluding hydrogens is 331 g/mol. The van der Waals surface area contributed by atoms with Crippen molar-refractivity contribution in [3.05, 3.63) is 63.6 Å². The first-order valence-corrected chi connectivity index (χ1v) is 8.41. The van der Waals surface area contributed by atoms with Crippen LogP contribution in [0.2, 0.25) is 0 Å². The quantitative estimate of drug-likeness (QED) is 0.858. The predicted molar refractivity (Wildman–Crippen MR) is 94.6 cm³/mol. The topological polar surface area (TPSA) is 32.3 Å². The van der Waals surface area contributed by atoms with E-state index in [1.54, 1.807) is 42.3 Å². The first kappa shape index (κ1) is 15.8. The van der Waals surface area contributed by atoms with Crippen LogP contribution in [0.5, 0.6) is 0 Å². The smallest absolute Gasteiger partial charge is 0.173 e. The SMILES string of the molecule is CC(=O)C1=C(c2ccc(F)cc2)N(C)C(=S)N[C@H]1c1ccsc1. The van der Waals surface area contributed by atoms with Gasteiger partial charge >= 0.3 is 0 Å². The predicted octanol–water partition coefficient (Wildman–Crippen LogP) is 3.75. The van der Waals surface area contributed by atoms with E-state index in [9.17, 15) is 9.18 Å². The molecule has 23 heavy (non-hydrogen) atoms. The number of ketones is 1. The van der Waals surface area contributed by atoms with Gasteiger partial charge < -0.3 is 10.2 Å². The van der Waals surface area contributed by atoms with Crippen LogP contribution >= 0.6 is 23.6 Å². The zero-order valence-electron chi connectivity index (χ0n) is 12.7. The van der Waals surface area contributed by atoms with Gasteiger partial charge in [-0.25, -0.2) is 4.39 Å². The number of halogens is 1. The van der Waals surface area contributed by atoms with Gasteiger partial charge in [0.2, 0.25) is 0 Å². The lowest BCUT2D eigenvalue weighted by Gasteiger charge is -2.36. The molecule has 3 nitrogen and oxygen atoms in total. The molecule has 2 heterocycles. The van der Waals surface area contributed by atoms with E-state index >= 15 is 0 Å². The molecule has 1 aliphatic rings. The van der Waals surface area contributed by atoms with Gasteiger partial charge in [-0.2, -0.15) is 11.3 Å². The highest BCUT2D eigenvalue weighted by atomic mass is 32.1. The molecule has 0 unspecified atom stereocenters. The largest absolute Gasteiger partial charge is 0.351 e. The van der Waals surface area contributed by atoms with Crippen LogP contribution in [-0.2, 0) is 4.79 Å². The summed E-state index contributed by atoms with van der Waals surface area (Å²) >= 11 is 6.99. The van der Waals surface area contributed by atoms with E-state index in [0.717, 1.165) is 16.8 Å². The van der Waals surface area contributed by atoms with E-state index in [4.69, 9.17) is 12.2 Å². The molecule has 0 saturated heterocycles. The second-order valence-corrected chi connectivity index (χ2v) is 6.49. The van der Waals surface area contributed by atoms with Crippen molar-refractivity contribution in [2.75, 3.05) is 7.05 Å². The molecule has 118 valence electrons. The lowest BCUT2D eigenvalue weighted by Crippen LogP contribution is -2.45. The molecule has 3 rings (SSSR count). The Morgan fingerprint density at radius 1 is 1.30 bits per heavy atom. The molecule has 1 aromatic heterocycles. The Morgan fingerprint density at radius 3 is 2.57 bits per heavy atom. The highest BCUT2D eigenvalue weighted by molar-refractivity contribution is 7.80. The normalized spacial score (nSPS) is 18.1. The number of rotatable bonds is 3. The fraction of sp³-hybridized carbons (Fsp3) is 0.176. The number of hydrogen-bond donors (Lipinski definition) is 1. The second kappa shape index (κ2) is 6.22. The van der Waals surface area contributed by atoms with E-state index in [2.05, 4.69) is 5.32 Å². The number of Topliss-reactive ketones (excluding diaryl/α,β-unsaturated/α-hetero) is 1. The van der Waals surface area contributed by atoms with E-state index in [0.29, 0.717) is 10.7 Å². The molecule has 0 amide bonds. The number of nitrogens with zero attached hydrogens (tertiary/aromatic N) is 1. The van der Waals surface area contributed by atoms with Gasteiger partial charge in [0.1, 0.15) is 5.82 Å². The Labute approximate surface area is 143 Å². The van der Waals surface area contributed by atoms with E-state index < -0.39 is 0 Å². The third-order valence-corrected chi connectivity index (χ3v) is 4.92. The lowest BCUT2D eigenvalue weighted by molar-refractivity contribution is -0.113. The van der Waals surface area contributed by atoms with Crippen molar-refractivity contribution in [2.24, 2.45) is 0 Å². The molecule has 0 aliphatic carbocycles. The Hall–Kier alpha value is -2.05. The van der Waals surface area contributed by atoms with E-state index in [1.807, 2.05) is 16.8 Å². The maximum Gasteiger partial charge on any atom is 0.173 e. The van der Waals surface area contributed by atoms with Gasteiger partial charge in [-0.3, -0.25) is 4.79 Å². The zero-order valence-corrected chi connectivity index (χ0v) is 14.3. The van der Waals surface area contributed by atoms with Gasteiger partial charge in [0, 0.05) is 12.6 Å². The Morgan fingerprint density at radius 2 is 2.00 bits per heavy atom.